The van der Waals surface area contributed by atoms with Crippen molar-refractivity contribution in [3.05, 3.63) is 59.7 Å². The highest BCUT2D eigenvalue weighted by molar-refractivity contribution is 5.62. The number of nitrogens with zero attached hydrogens (tertiary/aromatic N) is 5. The number of nitrogens with one attached hydrogen (secondary N) is 2. The molecule has 0 saturated carbocycles. The number of anilines is 1. The first kappa shape index (κ1) is 29.6. The van der Waals surface area contributed by atoms with Crippen molar-refractivity contribution in [2.75, 3.05) is 24.6 Å². The Morgan fingerprint density at radius 3 is 2.36 bits per heavy atom. The van der Waals surface area contributed by atoms with Gasteiger partial charge in [-0.25, -0.2) is 18.7 Å². The molecule has 42 heavy (non-hydrogen) atoms. The van der Waals surface area contributed by atoms with Gasteiger partial charge >= 0.3 is 0 Å². The van der Waals surface area contributed by atoms with Crippen molar-refractivity contribution in [2.24, 2.45) is 11.8 Å². The Hall–Kier alpha value is -3.86. The largest absolute Gasteiger partial charge is 0.493 e. The molecule has 0 spiro atoms. The van der Waals surface area contributed by atoms with Crippen LogP contribution in [-0.4, -0.2) is 55.2 Å². The maximum absolute atomic E-state index is 14.8. The van der Waals surface area contributed by atoms with Gasteiger partial charge in [-0.15, -0.1) is 0 Å². The van der Waals surface area contributed by atoms with Crippen molar-refractivity contribution < 1.29 is 18.6 Å². The normalized spacial score (nSPS) is 15.0. The number of rotatable bonds is 12. The molecule has 1 atom stereocenters. The Morgan fingerprint density at radius 1 is 1.00 bits per heavy atom. The Labute approximate surface area is 244 Å². The third-order valence-electron chi connectivity index (χ3n) is 7.73. The van der Waals surface area contributed by atoms with Gasteiger partial charge in [-0.1, -0.05) is 20.8 Å². The number of benzene rings is 1. The van der Waals surface area contributed by atoms with Crippen LogP contribution in [0.4, 0.5) is 14.7 Å². The summed E-state index contributed by atoms with van der Waals surface area (Å²) in [6.07, 6.45) is 8.15. The third kappa shape index (κ3) is 7.13. The number of halogens is 2. The Balaban J connectivity index is 1.06. The lowest BCUT2D eigenvalue weighted by molar-refractivity contribution is 0.169. The van der Waals surface area contributed by atoms with E-state index in [4.69, 9.17) is 4.74 Å². The SMILES string of the molecule is CC[C@H](O)c1cc(-c2c(F)cc(OCCCC3CCN(c4ncc(-c5cc(CC(C)C)[nH]n5)cn4)CC3)cc2F)n[nH]1. The first-order chi connectivity index (χ1) is 20.3. The number of aromatic nitrogens is 6. The summed E-state index contributed by atoms with van der Waals surface area (Å²) in [6, 6.07) is 5.89. The second-order valence-corrected chi connectivity index (χ2v) is 11.5. The predicted molar refractivity (Wildman–Crippen MR) is 157 cm³/mol. The second kappa shape index (κ2) is 13.4. The van der Waals surface area contributed by atoms with Gasteiger partial charge in [0.2, 0.25) is 5.95 Å². The summed E-state index contributed by atoms with van der Waals surface area (Å²) in [6.45, 7) is 8.31. The first-order valence-corrected chi connectivity index (χ1v) is 14.8. The van der Waals surface area contributed by atoms with E-state index in [0.29, 0.717) is 30.6 Å². The predicted octanol–water partition coefficient (Wildman–Crippen LogP) is 6.25. The van der Waals surface area contributed by atoms with Crippen LogP contribution in [0.3, 0.4) is 0 Å². The molecule has 1 fully saturated rings. The van der Waals surface area contributed by atoms with Crippen molar-refractivity contribution in [3.63, 3.8) is 0 Å². The number of piperidine rings is 1. The van der Waals surface area contributed by atoms with Crippen molar-refractivity contribution in [1.82, 2.24) is 30.4 Å². The molecule has 0 radical (unpaired) electrons. The fraction of sp³-hybridized carbons (Fsp3) is 0.484. The molecule has 9 nitrogen and oxygen atoms in total. The monoisotopic (exact) mass is 579 g/mol. The van der Waals surface area contributed by atoms with Gasteiger partial charge in [0.1, 0.15) is 17.4 Å². The highest BCUT2D eigenvalue weighted by atomic mass is 19.1. The quantitative estimate of drug-likeness (QED) is 0.170. The van der Waals surface area contributed by atoms with Crippen LogP contribution in [0.15, 0.2) is 36.7 Å². The molecular formula is C31H39F2N7O2. The minimum absolute atomic E-state index is 0.111. The summed E-state index contributed by atoms with van der Waals surface area (Å²) >= 11 is 0. The van der Waals surface area contributed by atoms with Crippen LogP contribution in [-0.2, 0) is 6.42 Å². The topological polar surface area (TPSA) is 116 Å². The minimum atomic E-state index is -0.761. The van der Waals surface area contributed by atoms with E-state index in [1.165, 1.54) is 18.2 Å². The lowest BCUT2D eigenvalue weighted by Gasteiger charge is -2.32. The lowest BCUT2D eigenvalue weighted by Crippen LogP contribution is -2.34. The van der Waals surface area contributed by atoms with Crippen molar-refractivity contribution in [1.29, 1.82) is 0 Å². The summed E-state index contributed by atoms with van der Waals surface area (Å²) in [7, 11) is 0. The summed E-state index contributed by atoms with van der Waals surface area (Å²) in [5.41, 5.74) is 3.16. The number of hydrogen-bond acceptors (Lipinski definition) is 7. The number of aliphatic hydroxyl groups is 1. The maximum atomic E-state index is 14.8. The summed E-state index contributed by atoms with van der Waals surface area (Å²) in [5, 5.41) is 24.0. The average Bonchev–Trinajstić information content (AvgIpc) is 3.65. The first-order valence-electron chi connectivity index (χ1n) is 14.8. The fourth-order valence-electron chi connectivity index (χ4n) is 5.39. The number of H-pyrrole nitrogens is 2. The molecule has 1 saturated heterocycles. The molecule has 1 aromatic carbocycles. The van der Waals surface area contributed by atoms with Crippen LogP contribution in [0.1, 0.15) is 70.4 Å². The molecule has 1 aliphatic heterocycles. The minimum Gasteiger partial charge on any atom is -0.493 e. The molecule has 224 valence electrons. The van der Waals surface area contributed by atoms with Crippen LogP contribution in [0, 0.1) is 23.5 Å². The summed E-state index contributed by atoms with van der Waals surface area (Å²) in [5.74, 6) is 0.492. The molecule has 1 aliphatic rings. The van der Waals surface area contributed by atoms with E-state index in [2.05, 4.69) is 55.2 Å². The van der Waals surface area contributed by atoms with E-state index < -0.39 is 17.7 Å². The summed E-state index contributed by atoms with van der Waals surface area (Å²) < 4.78 is 35.2. The Morgan fingerprint density at radius 2 is 1.69 bits per heavy atom. The molecule has 5 rings (SSSR count). The van der Waals surface area contributed by atoms with E-state index in [1.807, 2.05) is 19.3 Å². The van der Waals surface area contributed by atoms with Crippen LogP contribution < -0.4 is 9.64 Å². The van der Waals surface area contributed by atoms with Crippen LogP contribution >= 0.6 is 0 Å². The van der Waals surface area contributed by atoms with Gasteiger partial charge < -0.3 is 14.7 Å². The standard InChI is InChI=1S/C31H39F2N7O2/c1-4-29(41)27-16-28(39-38-27)30-24(32)14-23(15-25(30)33)42-11-5-6-20-7-9-40(10-8-20)31-34-17-21(18-35-31)26-13-22(36-37-26)12-19(2)3/h13-20,29,41H,4-12H2,1-3H3,(H,36,37)(H,38,39)/t29-/m0/s1. The van der Waals surface area contributed by atoms with Gasteiger partial charge in [-0.05, 0) is 62.5 Å². The number of aliphatic hydroxyl groups excluding tert-OH is 1. The van der Waals surface area contributed by atoms with Gasteiger partial charge in [0.15, 0.2) is 0 Å². The molecule has 4 aromatic rings. The third-order valence-corrected chi connectivity index (χ3v) is 7.73. The van der Waals surface area contributed by atoms with E-state index in [9.17, 15) is 13.9 Å². The molecule has 4 heterocycles. The van der Waals surface area contributed by atoms with Gasteiger partial charge in [0, 0.05) is 48.9 Å². The van der Waals surface area contributed by atoms with Crippen molar-refractivity contribution in [3.8, 4) is 28.3 Å². The molecule has 11 heteroatoms. The molecule has 3 N–H and O–H groups in total. The highest BCUT2D eigenvalue weighted by Gasteiger charge is 2.22. The number of aromatic amines is 2. The highest BCUT2D eigenvalue weighted by Crippen LogP contribution is 2.31. The Kier molecular flexibility index (Phi) is 9.46. The van der Waals surface area contributed by atoms with E-state index >= 15 is 0 Å². The molecule has 0 bridgehead atoms. The number of hydrogen-bond donors (Lipinski definition) is 3. The maximum Gasteiger partial charge on any atom is 0.225 e. The molecule has 0 aliphatic carbocycles. The van der Waals surface area contributed by atoms with Gasteiger partial charge in [-0.3, -0.25) is 10.2 Å². The Bertz CT molecular complexity index is 1420. The van der Waals surface area contributed by atoms with Crippen LogP contribution in [0.5, 0.6) is 5.75 Å². The van der Waals surface area contributed by atoms with Crippen molar-refractivity contribution in [2.45, 2.75) is 65.4 Å². The van der Waals surface area contributed by atoms with E-state index in [-0.39, 0.29) is 17.0 Å². The van der Waals surface area contributed by atoms with Gasteiger partial charge in [-0.2, -0.15) is 10.2 Å². The molecular weight excluding hydrogens is 540 g/mol. The van der Waals surface area contributed by atoms with Crippen LogP contribution in [0.25, 0.3) is 22.5 Å². The molecule has 0 amide bonds. The summed E-state index contributed by atoms with van der Waals surface area (Å²) in [4.78, 5) is 11.4. The zero-order chi connectivity index (χ0) is 29.6. The average molecular weight is 580 g/mol. The van der Waals surface area contributed by atoms with Gasteiger partial charge in [0.05, 0.1) is 35.4 Å². The van der Waals surface area contributed by atoms with Crippen LogP contribution in [0.2, 0.25) is 0 Å². The molecule has 3 aromatic heterocycles. The van der Waals surface area contributed by atoms with E-state index in [1.54, 1.807) is 0 Å². The smallest absolute Gasteiger partial charge is 0.225 e. The van der Waals surface area contributed by atoms with E-state index in [0.717, 1.165) is 68.1 Å². The fourth-order valence-corrected chi connectivity index (χ4v) is 5.39. The second-order valence-electron chi connectivity index (χ2n) is 11.5. The zero-order valence-electron chi connectivity index (χ0n) is 24.4. The van der Waals surface area contributed by atoms with Crippen molar-refractivity contribution >= 4 is 5.95 Å². The molecule has 0 unspecified atom stereocenters. The number of ether oxygens (including phenoxy) is 1. The van der Waals surface area contributed by atoms with Gasteiger partial charge in [0.25, 0.3) is 0 Å². The zero-order valence-corrected chi connectivity index (χ0v) is 24.4. The lowest BCUT2D eigenvalue weighted by atomic mass is 9.92.